The van der Waals surface area contributed by atoms with Crippen molar-refractivity contribution in [2.45, 2.75) is 38.9 Å². The number of nitrogens with one attached hydrogen (secondary N) is 1. The van der Waals surface area contributed by atoms with E-state index in [1.54, 1.807) is 16.0 Å². The van der Waals surface area contributed by atoms with Crippen LogP contribution in [0.15, 0.2) is 16.8 Å². The molecule has 1 N–H and O–H groups in total. The third-order valence-electron chi connectivity index (χ3n) is 4.15. The van der Waals surface area contributed by atoms with Gasteiger partial charge in [-0.2, -0.15) is 11.3 Å². The molecule has 0 bridgehead atoms. The number of hydrogen-bond donors (Lipinski definition) is 1. The fourth-order valence-electron chi connectivity index (χ4n) is 2.84. The number of carbonyl (C=O) groups excluding carboxylic acids is 1. The molecule has 1 amide bonds. The fraction of sp³-hybridized carbons (Fsp3) is 0.625. The first-order chi connectivity index (χ1) is 12.2. The Labute approximate surface area is 151 Å². The van der Waals surface area contributed by atoms with Gasteiger partial charge >= 0.3 is 0 Å². The van der Waals surface area contributed by atoms with Gasteiger partial charge in [-0.25, -0.2) is 4.68 Å². The van der Waals surface area contributed by atoms with Crippen LogP contribution in [0.4, 0.5) is 0 Å². The molecule has 2 aromatic heterocycles. The molecule has 1 unspecified atom stereocenters. The molecule has 0 aliphatic carbocycles. The highest BCUT2D eigenvalue weighted by Crippen LogP contribution is 2.09. The van der Waals surface area contributed by atoms with Crippen LogP contribution in [0.5, 0.6) is 0 Å². The predicted molar refractivity (Wildman–Crippen MR) is 94.2 cm³/mol. The summed E-state index contributed by atoms with van der Waals surface area (Å²) in [5, 5.41) is 19.1. The summed E-state index contributed by atoms with van der Waals surface area (Å²) in [6.07, 6.45) is 1.22. The largest absolute Gasteiger partial charge is 0.379 e. The molecule has 3 rings (SSSR count). The molecule has 1 atom stereocenters. The average molecular weight is 364 g/mol. The van der Waals surface area contributed by atoms with Crippen LogP contribution in [-0.2, 0) is 29.0 Å². The lowest BCUT2D eigenvalue weighted by molar-refractivity contribution is -0.121. The van der Waals surface area contributed by atoms with Gasteiger partial charge in [0.25, 0.3) is 0 Å². The van der Waals surface area contributed by atoms with E-state index in [1.165, 1.54) is 5.56 Å². The van der Waals surface area contributed by atoms with Gasteiger partial charge < -0.3 is 10.1 Å². The lowest BCUT2D eigenvalue weighted by atomic mass is 10.1. The van der Waals surface area contributed by atoms with E-state index in [4.69, 9.17) is 4.74 Å². The van der Waals surface area contributed by atoms with E-state index in [-0.39, 0.29) is 11.9 Å². The van der Waals surface area contributed by atoms with Crippen LogP contribution in [0.3, 0.4) is 0 Å². The first-order valence-corrected chi connectivity index (χ1v) is 9.50. The van der Waals surface area contributed by atoms with Crippen LogP contribution in [0, 0.1) is 0 Å². The second-order valence-corrected chi connectivity index (χ2v) is 7.04. The van der Waals surface area contributed by atoms with Gasteiger partial charge in [-0.3, -0.25) is 9.69 Å². The molecule has 0 aromatic carbocycles. The SMILES string of the molecule is CC(Cc1ccsc1)NC(=O)CCn1nnnc1CN1CCOCC1. The van der Waals surface area contributed by atoms with E-state index in [0.29, 0.717) is 19.5 Å². The number of carbonyl (C=O) groups is 1. The van der Waals surface area contributed by atoms with Gasteiger partial charge in [0, 0.05) is 25.6 Å². The molecule has 25 heavy (non-hydrogen) atoms. The second kappa shape index (κ2) is 9.02. The first-order valence-electron chi connectivity index (χ1n) is 8.56. The highest BCUT2D eigenvalue weighted by atomic mass is 32.1. The van der Waals surface area contributed by atoms with Crippen LogP contribution >= 0.6 is 11.3 Å². The highest BCUT2D eigenvalue weighted by molar-refractivity contribution is 7.07. The molecule has 136 valence electrons. The maximum absolute atomic E-state index is 12.2. The van der Waals surface area contributed by atoms with Crippen LogP contribution in [0.2, 0.25) is 0 Å². The molecule has 9 heteroatoms. The molecular weight excluding hydrogens is 340 g/mol. The third kappa shape index (κ3) is 5.58. The zero-order valence-electron chi connectivity index (χ0n) is 14.4. The van der Waals surface area contributed by atoms with Crippen molar-refractivity contribution in [3.05, 3.63) is 28.2 Å². The van der Waals surface area contributed by atoms with Crippen LogP contribution in [0.25, 0.3) is 0 Å². The quantitative estimate of drug-likeness (QED) is 0.742. The fourth-order valence-corrected chi connectivity index (χ4v) is 3.52. The average Bonchev–Trinajstić information content (AvgIpc) is 3.26. The minimum absolute atomic E-state index is 0.0237. The van der Waals surface area contributed by atoms with Gasteiger partial charge in [-0.05, 0) is 46.2 Å². The number of ether oxygens (including phenoxy) is 1. The minimum Gasteiger partial charge on any atom is -0.379 e. The molecule has 8 nitrogen and oxygen atoms in total. The summed E-state index contributed by atoms with van der Waals surface area (Å²) >= 11 is 1.67. The molecule has 0 saturated carbocycles. The van der Waals surface area contributed by atoms with Crippen LogP contribution in [-0.4, -0.2) is 63.4 Å². The number of nitrogens with zero attached hydrogens (tertiary/aromatic N) is 5. The molecule has 1 fully saturated rings. The molecule has 2 aromatic rings. The molecule has 0 spiro atoms. The van der Waals surface area contributed by atoms with Crippen LogP contribution < -0.4 is 5.32 Å². The van der Waals surface area contributed by atoms with Crippen molar-refractivity contribution in [3.8, 4) is 0 Å². The van der Waals surface area contributed by atoms with Gasteiger partial charge in [0.05, 0.1) is 26.3 Å². The van der Waals surface area contributed by atoms with Crippen molar-refractivity contribution >= 4 is 17.2 Å². The Hall–Kier alpha value is -1.84. The van der Waals surface area contributed by atoms with Crippen molar-refractivity contribution in [1.29, 1.82) is 0 Å². The Morgan fingerprint density at radius 2 is 2.28 bits per heavy atom. The van der Waals surface area contributed by atoms with E-state index in [2.05, 4.69) is 42.6 Å². The maximum atomic E-state index is 12.2. The molecule has 1 aliphatic heterocycles. The van der Waals surface area contributed by atoms with Crippen LogP contribution in [0.1, 0.15) is 24.7 Å². The van der Waals surface area contributed by atoms with Gasteiger partial charge in [0.15, 0.2) is 5.82 Å². The number of morpholine rings is 1. The highest BCUT2D eigenvalue weighted by Gasteiger charge is 2.16. The second-order valence-electron chi connectivity index (χ2n) is 6.26. The lowest BCUT2D eigenvalue weighted by Gasteiger charge is -2.25. The Kier molecular flexibility index (Phi) is 6.48. The van der Waals surface area contributed by atoms with E-state index in [1.807, 2.05) is 6.92 Å². The van der Waals surface area contributed by atoms with Gasteiger partial charge in [-0.1, -0.05) is 0 Å². The van der Waals surface area contributed by atoms with Gasteiger partial charge in [0.1, 0.15) is 0 Å². The zero-order chi connectivity index (χ0) is 17.5. The first kappa shape index (κ1) is 18.0. The van der Waals surface area contributed by atoms with E-state index < -0.39 is 0 Å². The third-order valence-corrected chi connectivity index (χ3v) is 4.89. The summed E-state index contributed by atoms with van der Waals surface area (Å²) in [4.78, 5) is 14.4. The monoisotopic (exact) mass is 364 g/mol. The summed E-state index contributed by atoms with van der Waals surface area (Å²) in [5.74, 6) is 0.816. The number of amides is 1. The molecule has 0 radical (unpaired) electrons. The van der Waals surface area contributed by atoms with Gasteiger partial charge in [-0.15, -0.1) is 5.10 Å². The Morgan fingerprint density at radius 3 is 3.04 bits per heavy atom. The number of aromatic nitrogens is 4. The lowest BCUT2D eigenvalue weighted by Crippen LogP contribution is -2.37. The minimum atomic E-state index is 0.0237. The number of rotatable bonds is 8. The van der Waals surface area contributed by atoms with Gasteiger partial charge in [0.2, 0.25) is 5.91 Å². The Balaban J connectivity index is 1.43. The Bertz CT molecular complexity index is 653. The van der Waals surface area contributed by atoms with Crippen molar-refractivity contribution in [1.82, 2.24) is 30.4 Å². The number of tetrazole rings is 1. The van der Waals surface area contributed by atoms with Crippen molar-refractivity contribution in [2.24, 2.45) is 0 Å². The number of aryl methyl sites for hydroxylation is 1. The standard InChI is InChI=1S/C16H24N6O2S/c1-13(10-14-3-9-25-12-14)17-16(23)2-4-22-15(18-19-20-22)11-21-5-7-24-8-6-21/h3,9,12-13H,2,4-8,10-11H2,1H3,(H,17,23). The van der Waals surface area contributed by atoms with E-state index in [0.717, 1.165) is 38.5 Å². The van der Waals surface area contributed by atoms with Crippen molar-refractivity contribution in [2.75, 3.05) is 26.3 Å². The number of hydrogen-bond acceptors (Lipinski definition) is 7. The number of thiophene rings is 1. The Morgan fingerprint density at radius 1 is 1.44 bits per heavy atom. The van der Waals surface area contributed by atoms with E-state index in [9.17, 15) is 4.79 Å². The van der Waals surface area contributed by atoms with Crippen molar-refractivity contribution in [3.63, 3.8) is 0 Å². The summed E-state index contributed by atoms with van der Waals surface area (Å²) in [7, 11) is 0. The van der Waals surface area contributed by atoms with E-state index >= 15 is 0 Å². The maximum Gasteiger partial charge on any atom is 0.222 e. The van der Waals surface area contributed by atoms with Crippen molar-refractivity contribution < 1.29 is 9.53 Å². The summed E-state index contributed by atoms with van der Waals surface area (Å²) in [6, 6.07) is 2.20. The molecule has 3 heterocycles. The summed E-state index contributed by atoms with van der Waals surface area (Å²) < 4.78 is 7.07. The predicted octanol–water partition coefficient (Wildman–Crippen LogP) is 0.704. The summed E-state index contributed by atoms with van der Waals surface area (Å²) in [6.45, 7) is 6.45. The molecule has 1 saturated heterocycles. The molecular formula is C16H24N6O2S. The zero-order valence-corrected chi connectivity index (χ0v) is 15.2. The molecule has 1 aliphatic rings. The summed E-state index contributed by atoms with van der Waals surface area (Å²) in [5.41, 5.74) is 1.26. The smallest absolute Gasteiger partial charge is 0.222 e. The normalized spacial score (nSPS) is 16.7. The topological polar surface area (TPSA) is 85.2 Å².